The van der Waals surface area contributed by atoms with Crippen LogP contribution in [0.2, 0.25) is 0 Å². The van der Waals surface area contributed by atoms with Crippen molar-refractivity contribution in [1.82, 2.24) is 0 Å². The molecule has 0 heterocycles. The smallest absolute Gasteiger partial charge is 0.328 e. The van der Waals surface area contributed by atoms with E-state index in [1.165, 1.54) is 0 Å². The van der Waals surface area contributed by atoms with E-state index in [1.807, 2.05) is 42.5 Å². The molecule has 0 aliphatic rings. The number of benzene rings is 2. The fourth-order valence-corrected chi connectivity index (χ4v) is 1.72. The molecule has 0 amide bonds. The van der Waals surface area contributed by atoms with Crippen molar-refractivity contribution in [3.05, 3.63) is 42.5 Å². The van der Waals surface area contributed by atoms with Gasteiger partial charge in [0.15, 0.2) is 0 Å². The molecule has 3 heteroatoms. The van der Waals surface area contributed by atoms with Crippen molar-refractivity contribution in [2.75, 3.05) is 5.32 Å². The molecule has 0 aliphatic carbocycles. The van der Waals surface area contributed by atoms with Gasteiger partial charge >= 0.3 is 5.97 Å². The van der Waals surface area contributed by atoms with Gasteiger partial charge in [0.05, 0.1) is 0 Å². The van der Waals surface area contributed by atoms with E-state index in [2.05, 4.69) is 5.32 Å². The highest BCUT2D eigenvalue weighted by Crippen LogP contribution is 2.25. The second kappa shape index (κ2) is 4.09. The zero-order valence-corrected chi connectivity index (χ0v) is 9.90. The summed E-state index contributed by atoms with van der Waals surface area (Å²) in [5.74, 6) is -0.870. The molecule has 0 aromatic heterocycles. The van der Waals surface area contributed by atoms with Gasteiger partial charge in [-0.3, -0.25) is 0 Å². The van der Waals surface area contributed by atoms with Crippen molar-refractivity contribution in [3.8, 4) is 0 Å². The Morgan fingerprint density at radius 3 is 2.47 bits per heavy atom. The average molecular weight is 229 g/mol. The number of carboxylic acid groups (broad SMARTS) is 1. The maximum atomic E-state index is 11.1. The monoisotopic (exact) mass is 229 g/mol. The summed E-state index contributed by atoms with van der Waals surface area (Å²) in [6, 6.07) is 13.7. The highest BCUT2D eigenvalue weighted by atomic mass is 16.4. The largest absolute Gasteiger partial charge is 0.480 e. The summed E-state index contributed by atoms with van der Waals surface area (Å²) >= 11 is 0. The van der Waals surface area contributed by atoms with Gasteiger partial charge in [-0.2, -0.15) is 0 Å². The third-order valence-corrected chi connectivity index (χ3v) is 2.77. The fourth-order valence-electron chi connectivity index (χ4n) is 1.72. The number of nitrogens with one attached hydrogen (secondary N) is 1. The van der Waals surface area contributed by atoms with Crippen molar-refractivity contribution in [2.24, 2.45) is 0 Å². The fraction of sp³-hybridized carbons (Fsp3) is 0.214. The van der Waals surface area contributed by atoms with Crippen molar-refractivity contribution < 1.29 is 9.90 Å². The zero-order valence-electron chi connectivity index (χ0n) is 9.90. The van der Waals surface area contributed by atoms with Crippen molar-refractivity contribution >= 4 is 22.4 Å². The summed E-state index contributed by atoms with van der Waals surface area (Å²) in [7, 11) is 0. The molecule has 0 saturated carbocycles. The van der Waals surface area contributed by atoms with Crippen LogP contribution in [0.1, 0.15) is 13.8 Å². The van der Waals surface area contributed by atoms with Crippen molar-refractivity contribution in [2.45, 2.75) is 19.4 Å². The van der Waals surface area contributed by atoms with E-state index < -0.39 is 11.5 Å². The molecule has 0 unspecified atom stereocenters. The molecule has 0 radical (unpaired) electrons. The highest BCUT2D eigenvalue weighted by Gasteiger charge is 2.26. The first-order valence-corrected chi connectivity index (χ1v) is 5.50. The van der Waals surface area contributed by atoms with Gasteiger partial charge < -0.3 is 10.4 Å². The third kappa shape index (κ3) is 2.23. The van der Waals surface area contributed by atoms with Crippen molar-refractivity contribution in [1.29, 1.82) is 0 Å². The van der Waals surface area contributed by atoms with Crippen molar-refractivity contribution in [3.63, 3.8) is 0 Å². The molecule has 2 N–H and O–H groups in total. The first-order chi connectivity index (χ1) is 8.00. The lowest BCUT2D eigenvalue weighted by Gasteiger charge is -2.23. The Bertz CT molecular complexity index is 556. The predicted molar refractivity (Wildman–Crippen MR) is 69.3 cm³/mol. The molecule has 0 saturated heterocycles. The molecule has 0 aliphatic heterocycles. The highest BCUT2D eigenvalue weighted by molar-refractivity contribution is 5.95. The Hall–Kier alpha value is -2.03. The van der Waals surface area contributed by atoms with E-state index in [1.54, 1.807) is 13.8 Å². The van der Waals surface area contributed by atoms with Crippen LogP contribution < -0.4 is 5.32 Å². The Balaban J connectivity index is 2.46. The minimum Gasteiger partial charge on any atom is -0.480 e. The quantitative estimate of drug-likeness (QED) is 0.850. The molecule has 0 fully saturated rings. The lowest BCUT2D eigenvalue weighted by atomic mass is 10.0. The van der Waals surface area contributed by atoms with Gasteiger partial charge in [0.25, 0.3) is 0 Å². The van der Waals surface area contributed by atoms with Crippen LogP contribution in [0.25, 0.3) is 10.8 Å². The number of rotatable bonds is 3. The predicted octanol–water partition coefficient (Wildman–Crippen LogP) is 3.11. The van der Waals surface area contributed by atoms with Crippen LogP contribution in [-0.2, 0) is 4.79 Å². The van der Waals surface area contributed by atoms with Gasteiger partial charge in [0, 0.05) is 11.1 Å². The van der Waals surface area contributed by atoms with Crippen LogP contribution in [0.5, 0.6) is 0 Å². The van der Waals surface area contributed by atoms with Crippen LogP contribution in [0, 0.1) is 0 Å². The lowest BCUT2D eigenvalue weighted by molar-refractivity contribution is -0.141. The molecule has 2 rings (SSSR count). The zero-order chi connectivity index (χ0) is 12.5. The molecule has 0 bridgehead atoms. The Kier molecular flexibility index (Phi) is 2.76. The van der Waals surface area contributed by atoms with Gasteiger partial charge in [-0.1, -0.05) is 36.4 Å². The summed E-state index contributed by atoms with van der Waals surface area (Å²) in [6.07, 6.45) is 0. The number of fused-ring (bicyclic) bond motifs is 1. The van der Waals surface area contributed by atoms with E-state index in [9.17, 15) is 4.79 Å². The number of anilines is 1. The summed E-state index contributed by atoms with van der Waals surface area (Å²) in [5.41, 5.74) is -0.139. The molecular weight excluding hydrogens is 214 g/mol. The number of aliphatic carboxylic acids is 1. The summed E-state index contributed by atoms with van der Waals surface area (Å²) in [5, 5.41) is 14.3. The van der Waals surface area contributed by atoms with Gasteiger partial charge in [-0.25, -0.2) is 4.79 Å². The molecule has 3 nitrogen and oxygen atoms in total. The Labute approximate surface area is 100 Å². The van der Waals surface area contributed by atoms with Crippen LogP contribution in [-0.4, -0.2) is 16.6 Å². The molecule has 0 spiro atoms. The van der Waals surface area contributed by atoms with Crippen LogP contribution in [0.4, 0.5) is 5.69 Å². The second-order valence-corrected chi connectivity index (χ2v) is 4.58. The molecule has 2 aromatic rings. The van der Waals surface area contributed by atoms with E-state index in [0.29, 0.717) is 0 Å². The first kappa shape index (κ1) is 11.5. The normalized spacial score (nSPS) is 11.4. The first-order valence-electron chi connectivity index (χ1n) is 5.50. The van der Waals surface area contributed by atoms with Crippen LogP contribution in [0.15, 0.2) is 42.5 Å². The van der Waals surface area contributed by atoms with E-state index >= 15 is 0 Å². The van der Waals surface area contributed by atoms with Crippen LogP contribution >= 0.6 is 0 Å². The second-order valence-electron chi connectivity index (χ2n) is 4.58. The number of carbonyl (C=O) groups is 1. The van der Waals surface area contributed by atoms with Gasteiger partial charge in [-0.05, 0) is 25.3 Å². The van der Waals surface area contributed by atoms with E-state index in [4.69, 9.17) is 5.11 Å². The minimum atomic E-state index is -0.982. The maximum Gasteiger partial charge on any atom is 0.328 e. The average Bonchev–Trinajstić information content (AvgIpc) is 2.29. The number of carboxylic acids is 1. The van der Waals surface area contributed by atoms with Gasteiger partial charge in [-0.15, -0.1) is 0 Å². The van der Waals surface area contributed by atoms with Gasteiger partial charge in [0.1, 0.15) is 5.54 Å². The maximum absolute atomic E-state index is 11.1. The summed E-state index contributed by atoms with van der Waals surface area (Å²) < 4.78 is 0. The summed E-state index contributed by atoms with van der Waals surface area (Å²) in [6.45, 7) is 3.30. The van der Waals surface area contributed by atoms with E-state index in [-0.39, 0.29) is 0 Å². The lowest BCUT2D eigenvalue weighted by Crippen LogP contribution is -2.39. The number of hydrogen-bond acceptors (Lipinski definition) is 2. The molecule has 17 heavy (non-hydrogen) atoms. The molecule has 2 aromatic carbocycles. The SMILES string of the molecule is CC(C)(Nc1cccc2ccccc12)C(=O)O. The Morgan fingerprint density at radius 1 is 1.12 bits per heavy atom. The van der Waals surface area contributed by atoms with Crippen LogP contribution in [0.3, 0.4) is 0 Å². The number of hydrogen-bond donors (Lipinski definition) is 2. The topological polar surface area (TPSA) is 49.3 Å². The molecule has 0 atom stereocenters. The minimum absolute atomic E-state index is 0.843. The standard InChI is InChI=1S/C14H15NO2/c1-14(2,13(16)17)15-12-9-5-7-10-6-3-4-8-11(10)12/h3-9,15H,1-2H3,(H,16,17). The molecular formula is C14H15NO2. The molecule has 88 valence electrons. The van der Waals surface area contributed by atoms with Gasteiger partial charge in [0.2, 0.25) is 0 Å². The van der Waals surface area contributed by atoms with E-state index in [0.717, 1.165) is 16.5 Å². The Morgan fingerprint density at radius 2 is 1.76 bits per heavy atom. The summed E-state index contributed by atoms with van der Waals surface area (Å²) in [4.78, 5) is 11.1. The third-order valence-electron chi connectivity index (χ3n) is 2.77.